The first-order chi connectivity index (χ1) is 11.8. The number of carbonyl (C=O) groups excluding carboxylic acids is 1. The van der Waals surface area contributed by atoms with Crippen molar-refractivity contribution in [3.05, 3.63) is 58.3 Å². The number of unbranched alkanes of at least 4 members (excludes halogenated alkanes) is 1. The molecule has 0 saturated heterocycles. The molecule has 25 heavy (non-hydrogen) atoms. The van der Waals surface area contributed by atoms with Gasteiger partial charge in [-0.2, -0.15) is 13.2 Å². The molecule has 1 aromatic carbocycles. The van der Waals surface area contributed by atoms with Gasteiger partial charge < -0.3 is 5.32 Å². The van der Waals surface area contributed by atoms with Crippen molar-refractivity contribution in [3.63, 3.8) is 0 Å². The molecule has 5 nitrogen and oxygen atoms in total. The zero-order chi connectivity index (χ0) is 18.4. The van der Waals surface area contributed by atoms with Crippen molar-refractivity contribution in [1.29, 1.82) is 0 Å². The number of anilines is 1. The first-order valence-corrected chi connectivity index (χ1v) is 7.82. The summed E-state index contributed by atoms with van der Waals surface area (Å²) in [6.45, 7) is 1.61. The van der Waals surface area contributed by atoms with E-state index in [-0.39, 0.29) is 5.69 Å². The van der Waals surface area contributed by atoms with Crippen LogP contribution in [0.15, 0.2) is 41.5 Å². The quantitative estimate of drug-likeness (QED) is 0.867. The number of nitrogens with zero attached hydrogens (tertiary/aromatic N) is 2. The molecule has 1 amide bonds. The van der Waals surface area contributed by atoms with Gasteiger partial charge in [0, 0.05) is 11.8 Å². The van der Waals surface area contributed by atoms with Gasteiger partial charge in [-0.05, 0) is 25.0 Å². The largest absolute Gasteiger partial charge is 0.418 e. The average Bonchev–Trinajstić information content (AvgIpc) is 2.54. The van der Waals surface area contributed by atoms with Crippen molar-refractivity contribution in [3.8, 4) is 0 Å². The lowest BCUT2D eigenvalue weighted by atomic mass is 10.1. The van der Waals surface area contributed by atoms with E-state index < -0.39 is 29.8 Å². The summed E-state index contributed by atoms with van der Waals surface area (Å²) in [4.78, 5) is 28.1. The highest BCUT2D eigenvalue weighted by Gasteiger charge is 2.33. The first kappa shape index (κ1) is 18.7. The Kier molecular flexibility index (Phi) is 5.95. The molecule has 134 valence electrons. The van der Waals surface area contributed by atoms with E-state index in [1.807, 2.05) is 6.92 Å². The molecule has 1 aromatic heterocycles. The lowest BCUT2D eigenvalue weighted by Crippen LogP contribution is -2.28. The number of benzene rings is 1. The van der Waals surface area contributed by atoms with Crippen LogP contribution in [-0.4, -0.2) is 15.5 Å². The van der Waals surface area contributed by atoms with Crippen molar-refractivity contribution in [2.24, 2.45) is 0 Å². The smallest absolute Gasteiger partial charge is 0.324 e. The van der Waals surface area contributed by atoms with Crippen molar-refractivity contribution in [2.75, 3.05) is 5.32 Å². The summed E-state index contributed by atoms with van der Waals surface area (Å²) in [5.41, 5.74) is -1.07. The van der Waals surface area contributed by atoms with E-state index in [2.05, 4.69) is 10.3 Å². The molecule has 0 aliphatic carbocycles. The number of amides is 1. The third-order valence-corrected chi connectivity index (χ3v) is 3.54. The molecule has 0 unspecified atom stereocenters. The molecule has 0 aliphatic heterocycles. The third-order valence-electron chi connectivity index (χ3n) is 3.54. The Hall–Kier alpha value is -2.64. The summed E-state index contributed by atoms with van der Waals surface area (Å²) >= 11 is 0. The molecule has 0 aliphatic rings. The summed E-state index contributed by atoms with van der Waals surface area (Å²) in [5.74, 6) is -0.734. The number of rotatable bonds is 6. The van der Waals surface area contributed by atoms with Crippen LogP contribution < -0.4 is 10.9 Å². The fourth-order valence-corrected chi connectivity index (χ4v) is 2.26. The molecule has 1 heterocycles. The van der Waals surface area contributed by atoms with Crippen LogP contribution in [0, 0.1) is 0 Å². The van der Waals surface area contributed by atoms with Gasteiger partial charge in [0.1, 0.15) is 6.54 Å². The lowest BCUT2D eigenvalue weighted by molar-refractivity contribution is -0.137. The third kappa shape index (κ3) is 5.17. The second kappa shape index (κ2) is 7.96. The Bertz CT molecular complexity index is 800. The van der Waals surface area contributed by atoms with Gasteiger partial charge in [0.15, 0.2) is 0 Å². The van der Waals surface area contributed by atoms with Crippen LogP contribution in [0.4, 0.5) is 18.9 Å². The van der Waals surface area contributed by atoms with Gasteiger partial charge in [0.05, 0.1) is 17.6 Å². The van der Waals surface area contributed by atoms with E-state index in [4.69, 9.17) is 0 Å². The fraction of sp³-hybridized carbons (Fsp3) is 0.353. The normalized spacial score (nSPS) is 11.4. The van der Waals surface area contributed by atoms with E-state index >= 15 is 0 Å². The van der Waals surface area contributed by atoms with Crippen molar-refractivity contribution >= 4 is 11.6 Å². The minimum absolute atomic E-state index is 0.347. The molecule has 0 radical (unpaired) electrons. The number of hydrogen-bond donors (Lipinski definition) is 1. The van der Waals surface area contributed by atoms with Crippen molar-refractivity contribution in [2.45, 2.75) is 38.9 Å². The predicted octanol–water partition coefficient (Wildman–Crippen LogP) is 3.24. The highest BCUT2D eigenvalue weighted by molar-refractivity contribution is 5.91. The average molecular weight is 353 g/mol. The predicted molar refractivity (Wildman–Crippen MR) is 87.2 cm³/mol. The Balaban J connectivity index is 2.10. The second-order valence-corrected chi connectivity index (χ2v) is 5.54. The number of aryl methyl sites for hydroxylation is 1. The molecule has 1 N–H and O–H groups in total. The molecule has 0 atom stereocenters. The number of nitrogens with one attached hydrogen (secondary N) is 1. The minimum atomic E-state index is -4.58. The standard InChI is InChI=1S/C17H18F3N3O2/c1-2-3-6-12-9-16(25)23(11-21-12)10-15(24)22-14-8-5-4-7-13(14)17(18,19)20/h4-5,7-9,11H,2-3,6,10H2,1H3,(H,22,24). The maximum Gasteiger partial charge on any atom is 0.418 e. The minimum Gasteiger partial charge on any atom is -0.324 e. The molecule has 0 saturated carbocycles. The molecule has 0 spiro atoms. The zero-order valence-corrected chi connectivity index (χ0v) is 13.6. The molecule has 2 aromatic rings. The fourth-order valence-electron chi connectivity index (χ4n) is 2.26. The summed E-state index contributed by atoms with van der Waals surface area (Å²) < 4.78 is 39.8. The molecule has 8 heteroatoms. The molecule has 2 rings (SSSR count). The molecule has 0 bridgehead atoms. The maximum absolute atomic E-state index is 12.9. The molecular weight excluding hydrogens is 335 g/mol. The van der Waals surface area contributed by atoms with E-state index in [9.17, 15) is 22.8 Å². The van der Waals surface area contributed by atoms with Crippen molar-refractivity contribution < 1.29 is 18.0 Å². The summed E-state index contributed by atoms with van der Waals surface area (Å²) in [7, 11) is 0. The van der Waals surface area contributed by atoms with Crippen LogP contribution in [0.2, 0.25) is 0 Å². The Morgan fingerprint density at radius 1 is 1.28 bits per heavy atom. The first-order valence-electron chi connectivity index (χ1n) is 7.82. The van der Waals surface area contributed by atoms with Crippen molar-refractivity contribution in [1.82, 2.24) is 9.55 Å². The van der Waals surface area contributed by atoms with E-state index in [0.29, 0.717) is 12.1 Å². The van der Waals surface area contributed by atoms with Crippen LogP contribution >= 0.6 is 0 Å². The van der Waals surface area contributed by atoms with Gasteiger partial charge in [0.25, 0.3) is 5.56 Å². The van der Waals surface area contributed by atoms with Crippen LogP contribution in [0.25, 0.3) is 0 Å². The summed E-state index contributed by atoms with van der Waals surface area (Å²) in [6, 6.07) is 6.01. The van der Waals surface area contributed by atoms with Crippen LogP contribution in [0.3, 0.4) is 0 Å². The molecule has 0 fully saturated rings. The molecular formula is C17H18F3N3O2. The number of alkyl halides is 3. The Morgan fingerprint density at radius 3 is 2.64 bits per heavy atom. The Labute approximate surface area is 142 Å². The van der Waals surface area contributed by atoms with Gasteiger partial charge in [-0.1, -0.05) is 25.5 Å². The number of aromatic nitrogens is 2. The number of hydrogen-bond acceptors (Lipinski definition) is 3. The van der Waals surface area contributed by atoms with Gasteiger partial charge >= 0.3 is 6.18 Å². The van der Waals surface area contributed by atoms with E-state index in [1.54, 1.807) is 0 Å². The topological polar surface area (TPSA) is 64.0 Å². The van der Waals surface area contributed by atoms with Gasteiger partial charge in [-0.15, -0.1) is 0 Å². The van der Waals surface area contributed by atoms with Gasteiger partial charge in [0.2, 0.25) is 5.91 Å². The summed E-state index contributed by atoms with van der Waals surface area (Å²) in [6.07, 6.45) is -0.819. The highest BCUT2D eigenvalue weighted by Crippen LogP contribution is 2.34. The van der Waals surface area contributed by atoms with Crippen LogP contribution in [0.1, 0.15) is 31.0 Å². The van der Waals surface area contributed by atoms with E-state index in [1.165, 1.54) is 24.5 Å². The number of halogens is 3. The summed E-state index contributed by atoms with van der Waals surface area (Å²) in [5, 5.41) is 2.20. The second-order valence-electron chi connectivity index (χ2n) is 5.54. The van der Waals surface area contributed by atoms with Crippen LogP contribution in [0.5, 0.6) is 0 Å². The van der Waals surface area contributed by atoms with E-state index in [0.717, 1.165) is 29.5 Å². The Morgan fingerprint density at radius 2 is 2.00 bits per heavy atom. The lowest BCUT2D eigenvalue weighted by Gasteiger charge is -2.14. The maximum atomic E-state index is 12.9. The monoisotopic (exact) mass is 353 g/mol. The van der Waals surface area contributed by atoms with Crippen LogP contribution in [-0.2, 0) is 23.9 Å². The number of para-hydroxylation sites is 1. The van der Waals surface area contributed by atoms with Gasteiger partial charge in [-0.3, -0.25) is 14.2 Å². The SMILES string of the molecule is CCCCc1cc(=O)n(CC(=O)Nc2ccccc2C(F)(F)F)cn1. The zero-order valence-electron chi connectivity index (χ0n) is 13.6. The van der Waals surface area contributed by atoms with Gasteiger partial charge in [-0.25, -0.2) is 4.98 Å². The highest BCUT2D eigenvalue weighted by atomic mass is 19.4. The number of carbonyl (C=O) groups is 1.